The molecule has 0 radical (unpaired) electrons. The minimum absolute atomic E-state index is 0.0615. The van der Waals surface area contributed by atoms with Crippen LogP contribution in [0.4, 0.5) is 0 Å². The number of fused-ring (bicyclic) bond motifs is 1. The quantitative estimate of drug-likeness (QED) is 0.332. The van der Waals surface area contributed by atoms with Crippen LogP contribution in [0.3, 0.4) is 0 Å². The van der Waals surface area contributed by atoms with Gasteiger partial charge in [-0.15, -0.1) is 0 Å². The van der Waals surface area contributed by atoms with E-state index in [1.165, 1.54) is 0 Å². The lowest BCUT2D eigenvalue weighted by molar-refractivity contribution is 0.0945. The van der Waals surface area contributed by atoms with E-state index in [1.807, 2.05) is 30.3 Å². The molecule has 4 N–H and O–H groups in total. The predicted octanol–water partition coefficient (Wildman–Crippen LogP) is 1.10. The predicted molar refractivity (Wildman–Crippen MR) is 72.1 cm³/mol. The molecule has 6 nitrogen and oxygen atoms in total. The van der Waals surface area contributed by atoms with E-state index in [0.717, 1.165) is 10.8 Å². The summed E-state index contributed by atoms with van der Waals surface area (Å²) in [6.45, 7) is 1.62. The summed E-state index contributed by atoms with van der Waals surface area (Å²) < 4.78 is 0. The van der Waals surface area contributed by atoms with Crippen molar-refractivity contribution in [3.8, 4) is 0 Å². The van der Waals surface area contributed by atoms with Gasteiger partial charge in [0.05, 0.1) is 6.04 Å². The number of aromatic nitrogens is 1. The fourth-order valence-corrected chi connectivity index (χ4v) is 1.73. The van der Waals surface area contributed by atoms with E-state index < -0.39 is 6.04 Å². The summed E-state index contributed by atoms with van der Waals surface area (Å²) in [5.41, 5.74) is 5.74. The third-order valence-corrected chi connectivity index (χ3v) is 2.80. The molecule has 0 aliphatic rings. The summed E-state index contributed by atoms with van der Waals surface area (Å²) in [5.74, 6) is -0.426. The van der Waals surface area contributed by atoms with E-state index in [-0.39, 0.29) is 11.7 Å². The van der Waals surface area contributed by atoms with E-state index in [2.05, 4.69) is 15.5 Å². The highest BCUT2D eigenvalue weighted by molar-refractivity contribution is 6.06. The molecule has 0 bridgehead atoms. The molecule has 0 saturated carbocycles. The number of carbonyl (C=O) groups excluding carboxylic acids is 1. The van der Waals surface area contributed by atoms with Crippen LogP contribution >= 0.6 is 0 Å². The average Bonchev–Trinajstić information content (AvgIpc) is 2.45. The maximum atomic E-state index is 12.1. The number of nitrogens with one attached hydrogen (secondary N) is 1. The number of oxime groups is 1. The fraction of sp³-hybridized carbons (Fsp3) is 0.154. The normalized spacial score (nSPS) is 13.2. The van der Waals surface area contributed by atoms with Gasteiger partial charge in [0.25, 0.3) is 5.91 Å². The highest BCUT2D eigenvalue weighted by Crippen LogP contribution is 2.16. The van der Waals surface area contributed by atoms with E-state index in [0.29, 0.717) is 5.69 Å². The lowest BCUT2D eigenvalue weighted by Gasteiger charge is -2.12. The number of hydrogen-bond acceptors (Lipinski definition) is 4. The number of nitrogens with zero attached hydrogens (tertiary/aromatic N) is 2. The van der Waals surface area contributed by atoms with E-state index in [9.17, 15) is 4.79 Å². The topological polar surface area (TPSA) is 101 Å². The van der Waals surface area contributed by atoms with Crippen molar-refractivity contribution in [2.45, 2.75) is 13.0 Å². The monoisotopic (exact) mass is 258 g/mol. The lowest BCUT2D eigenvalue weighted by Crippen LogP contribution is -2.42. The summed E-state index contributed by atoms with van der Waals surface area (Å²) in [7, 11) is 0. The van der Waals surface area contributed by atoms with Crippen LogP contribution < -0.4 is 11.1 Å². The number of pyridine rings is 1. The number of hydrogen-bond donors (Lipinski definition) is 3. The van der Waals surface area contributed by atoms with Crippen LogP contribution in [-0.2, 0) is 0 Å². The fourth-order valence-electron chi connectivity index (χ4n) is 1.73. The van der Waals surface area contributed by atoms with Gasteiger partial charge in [0.15, 0.2) is 5.84 Å². The molecule has 1 aromatic carbocycles. The highest BCUT2D eigenvalue weighted by atomic mass is 16.4. The van der Waals surface area contributed by atoms with Gasteiger partial charge in [-0.3, -0.25) is 9.78 Å². The third kappa shape index (κ3) is 2.62. The molecule has 2 aromatic rings. The van der Waals surface area contributed by atoms with Crippen LogP contribution in [0.5, 0.6) is 0 Å². The average molecular weight is 258 g/mol. The van der Waals surface area contributed by atoms with Crippen LogP contribution in [0.25, 0.3) is 10.8 Å². The van der Waals surface area contributed by atoms with Crippen molar-refractivity contribution in [2.75, 3.05) is 0 Å². The Kier molecular flexibility index (Phi) is 3.61. The molecule has 1 atom stereocenters. The maximum Gasteiger partial charge on any atom is 0.271 e. The van der Waals surface area contributed by atoms with Crippen molar-refractivity contribution in [3.05, 3.63) is 42.2 Å². The second kappa shape index (κ2) is 5.34. The molecule has 0 spiro atoms. The van der Waals surface area contributed by atoms with Gasteiger partial charge < -0.3 is 16.3 Å². The first-order valence-corrected chi connectivity index (χ1v) is 5.75. The minimum atomic E-state index is -0.571. The maximum absolute atomic E-state index is 12.1. The largest absolute Gasteiger partial charge is 0.409 e. The first-order chi connectivity index (χ1) is 9.13. The SMILES string of the molecule is CC(NC(=O)c1nccc2ccccc12)C(N)=NO. The van der Waals surface area contributed by atoms with Crippen LogP contribution in [0, 0.1) is 0 Å². The molecular formula is C13H14N4O2. The first-order valence-electron chi connectivity index (χ1n) is 5.75. The van der Waals surface area contributed by atoms with Crippen LogP contribution in [0.2, 0.25) is 0 Å². The summed E-state index contributed by atoms with van der Waals surface area (Å²) in [5, 5.41) is 15.7. The van der Waals surface area contributed by atoms with Crippen molar-refractivity contribution in [1.82, 2.24) is 10.3 Å². The van der Waals surface area contributed by atoms with Gasteiger partial charge in [-0.2, -0.15) is 0 Å². The number of amides is 1. The van der Waals surface area contributed by atoms with Crippen LogP contribution in [0.15, 0.2) is 41.7 Å². The van der Waals surface area contributed by atoms with Gasteiger partial charge in [-0.25, -0.2) is 0 Å². The van der Waals surface area contributed by atoms with Gasteiger partial charge in [0.1, 0.15) is 5.69 Å². The molecule has 1 heterocycles. The smallest absolute Gasteiger partial charge is 0.271 e. The van der Waals surface area contributed by atoms with E-state index in [1.54, 1.807) is 13.1 Å². The van der Waals surface area contributed by atoms with Gasteiger partial charge in [0, 0.05) is 11.6 Å². The summed E-state index contributed by atoms with van der Waals surface area (Å²) in [6.07, 6.45) is 1.57. The number of benzene rings is 1. The second-order valence-electron chi connectivity index (χ2n) is 4.10. The van der Waals surface area contributed by atoms with Crippen molar-refractivity contribution >= 4 is 22.5 Å². The molecule has 0 fully saturated rings. The molecule has 1 amide bonds. The molecule has 0 aliphatic carbocycles. The number of nitrogens with two attached hydrogens (primary N) is 1. The zero-order chi connectivity index (χ0) is 13.8. The summed E-state index contributed by atoms with van der Waals surface area (Å²) in [6, 6.07) is 8.72. The zero-order valence-electron chi connectivity index (χ0n) is 10.4. The Morgan fingerprint density at radius 1 is 1.42 bits per heavy atom. The zero-order valence-corrected chi connectivity index (χ0v) is 10.4. The van der Waals surface area contributed by atoms with Gasteiger partial charge in [-0.05, 0) is 18.4 Å². The Hall–Kier alpha value is -2.63. The first kappa shape index (κ1) is 12.8. The Balaban J connectivity index is 2.32. The van der Waals surface area contributed by atoms with E-state index >= 15 is 0 Å². The van der Waals surface area contributed by atoms with Crippen molar-refractivity contribution in [2.24, 2.45) is 10.9 Å². The highest BCUT2D eigenvalue weighted by Gasteiger charge is 2.16. The Bertz CT molecular complexity index is 634. The Labute approximate surface area is 109 Å². The van der Waals surface area contributed by atoms with Crippen molar-refractivity contribution in [1.29, 1.82) is 0 Å². The molecule has 1 aromatic heterocycles. The van der Waals surface area contributed by atoms with Crippen molar-refractivity contribution < 1.29 is 10.0 Å². The van der Waals surface area contributed by atoms with Crippen molar-refractivity contribution in [3.63, 3.8) is 0 Å². The molecule has 0 saturated heterocycles. The van der Waals surface area contributed by atoms with Gasteiger partial charge >= 0.3 is 0 Å². The summed E-state index contributed by atoms with van der Waals surface area (Å²) in [4.78, 5) is 16.2. The molecule has 0 aliphatic heterocycles. The Morgan fingerprint density at radius 3 is 2.89 bits per heavy atom. The number of carbonyl (C=O) groups is 1. The molecule has 19 heavy (non-hydrogen) atoms. The molecule has 6 heteroatoms. The molecule has 1 unspecified atom stereocenters. The molecule has 98 valence electrons. The molecule has 2 rings (SSSR count). The summed E-state index contributed by atoms with van der Waals surface area (Å²) >= 11 is 0. The van der Waals surface area contributed by atoms with Crippen LogP contribution in [0.1, 0.15) is 17.4 Å². The molecular weight excluding hydrogens is 244 g/mol. The third-order valence-electron chi connectivity index (χ3n) is 2.80. The van der Waals surface area contributed by atoms with E-state index in [4.69, 9.17) is 10.9 Å². The lowest BCUT2D eigenvalue weighted by atomic mass is 10.1. The van der Waals surface area contributed by atoms with Gasteiger partial charge in [-0.1, -0.05) is 29.4 Å². The number of rotatable bonds is 3. The Morgan fingerprint density at radius 2 is 2.16 bits per heavy atom. The number of amidine groups is 1. The van der Waals surface area contributed by atoms with Crippen LogP contribution in [-0.4, -0.2) is 28.0 Å². The standard InChI is InChI=1S/C13H14N4O2/c1-8(12(14)17-19)16-13(18)11-10-5-3-2-4-9(10)6-7-15-11/h2-8,19H,1H3,(H2,14,17)(H,16,18). The van der Waals surface area contributed by atoms with Gasteiger partial charge in [0.2, 0.25) is 0 Å². The second-order valence-corrected chi connectivity index (χ2v) is 4.10. The minimum Gasteiger partial charge on any atom is -0.409 e.